The van der Waals surface area contributed by atoms with Gasteiger partial charge in [0, 0.05) is 65.3 Å². The quantitative estimate of drug-likeness (QED) is 0.298. The van der Waals surface area contributed by atoms with E-state index in [1.807, 2.05) is 16.5 Å². The van der Waals surface area contributed by atoms with Crippen molar-refractivity contribution < 1.29 is 9.47 Å². The maximum Gasteiger partial charge on any atom is 0.229 e. The first-order valence-corrected chi connectivity index (χ1v) is 13.4. The minimum Gasteiger partial charge on any atom is -0.497 e. The molecule has 40 heavy (non-hydrogen) atoms. The number of halogens is 1. The molecule has 2 aromatic carbocycles. The van der Waals surface area contributed by atoms with Crippen LogP contribution in [0.1, 0.15) is 13.8 Å². The lowest BCUT2D eigenvalue weighted by Crippen LogP contribution is -2.57. The number of nitrogens with one attached hydrogen (secondary N) is 1. The molecule has 5 aromatic rings. The number of benzene rings is 2. The van der Waals surface area contributed by atoms with E-state index in [1.54, 1.807) is 32.8 Å². The third-order valence-corrected chi connectivity index (χ3v) is 8.07. The molecule has 206 valence electrons. The average molecular weight is 559 g/mol. The highest BCUT2D eigenvalue weighted by Crippen LogP contribution is 2.41. The summed E-state index contributed by atoms with van der Waals surface area (Å²) in [6.45, 7) is 7.59. The number of hydrogen-bond donors (Lipinski definition) is 1. The van der Waals surface area contributed by atoms with Gasteiger partial charge in [-0.25, -0.2) is 4.98 Å². The smallest absolute Gasteiger partial charge is 0.229 e. The van der Waals surface area contributed by atoms with Crippen LogP contribution in [0.5, 0.6) is 11.5 Å². The van der Waals surface area contributed by atoms with E-state index in [2.05, 4.69) is 75.5 Å². The first-order valence-electron chi connectivity index (χ1n) is 13.0. The molecule has 1 fully saturated rings. The van der Waals surface area contributed by atoms with Gasteiger partial charge in [0.2, 0.25) is 5.95 Å². The van der Waals surface area contributed by atoms with Crippen LogP contribution in [0.25, 0.3) is 27.8 Å². The van der Waals surface area contributed by atoms with E-state index in [0.29, 0.717) is 39.3 Å². The summed E-state index contributed by atoms with van der Waals surface area (Å²) >= 11 is 6.70. The highest BCUT2D eigenvalue weighted by Gasteiger charge is 2.31. The fourth-order valence-corrected chi connectivity index (χ4v) is 5.40. The van der Waals surface area contributed by atoms with E-state index in [4.69, 9.17) is 26.1 Å². The molecule has 1 N–H and O–H groups in total. The minimum absolute atomic E-state index is 0.130. The van der Waals surface area contributed by atoms with Crippen LogP contribution in [-0.2, 0) is 0 Å². The summed E-state index contributed by atoms with van der Waals surface area (Å²) in [5, 5.41) is 13.1. The molecular weight excluding hydrogens is 528 g/mol. The van der Waals surface area contributed by atoms with Crippen LogP contribution < -0.4 is 19.7 Å². The zero-order valence-electron chi connectivity index (χ0n) is 23.1. The molecule has 0 atom stereocenters. The number of pyridine rings is 1. The van der Waals surface area contributed by atoms with Gasteiger partial charge in [0.25, 0.3) is 0 Å². The van der Waals surface area contributed by atoms with Crippen molar-refractivity contribution in [1.29, 1.82) is 0 Å². The highest BCUT2D eigenvalue weighted by atomic mass is 35.5. The Morgan fingerprint density at radius 1 is 0.975 bits per heavy atom. The summed E-state index contributed by atoms with van der Waals surface area (Å²) in [4.78, 5) is 14.2. The van der Waals surface area contributed by atoms with Crippen LogP contribution in [0.3, 0.4) is 0 Å². The van der Waals surface area contributed by atoms with Gasteiger partial charge in [-0.3, -0.25) is 9.30 Å². The normalized spacial score (nSPS) is 15.5. The number of ether oxygens (including phenoxy) is 2. The molecule has 0 spiro atoms. The maximum atomic E-state index is 6.70. The molecule has 11 heteroatoms. The third-order valence-electron chi connectivity index (χ3n) is 7.68. The van der Waals surface area contributed by atoms with Gasteiger partial charge < -0.3 is 19.7 Å². The SMILES string of the molecule is COc1cc(OC)c(Cl)c(-c2cc3cnc(Nc4ccc(N5CCN(C)C(C)(C)C5)cc4)nc3n3cnnc23)c1. The Bertz CT molecular complexity index is 1700. The van der Waals surface area contributed by atoms with Crippen LogP contribution in [-0.4, -0.2) is 75.9 Å². The van der Waals surface area contributed by atoms with Crippen LogP contribution in [0.15, 0.2) is 55.0 Å². The number of rotatable bonds is 6. The summed E-state index contributed by atoms with van der Waals surface area (Å²) in [6, 6.07) is 13.9. The number of methoxy groups -OCH3 is 2. The van der Waals surface area contributed by atoms with Gasteiger partial charge in [-0.15, -0.1) is 10.2 Å². The Kier molecular flexibility index (Phi) is 6.59. The largest absolute Gasteiger partial charge is 0.497 e. The summed E-state index contributed by atoms with van der Waals surface area (Å²) in [7, 11) is 5.36. The van der Waals surface area contributed by atoms with Crippen LogP contribution in [0.4, 0.5) is 17.3 Å². The summed E-state index contributed by atoms with van der Waals surface area (Å²) in [6.07, 6.45) is 3.41. The first kappa shape index (κ1) is 26.1. The highest BCUT2D eigenvalue weighted by molar-refractivity contribution is 6.35. The van der Waals surface area contributed by atoms with Gasteiger partial charge in [0.05, 0.1) is 19.2 Å². The van der Waals surface area contributed by atoms with Crippen molar-refractivity contribution in [3.63, 3.8) is 0 Å². The van der Waals surface area contributed by atoms with Gasteiger partial charge in [0.1, 0.15) is 17.8 Å². The van der Waals surface area contributed by atoms with Gasteiger partial charge in [-0.05, 0) is 57.3 Å². The summed E-state index contributed by atoms with van der Waals surface area (Å²) in [5.41, 5.74) is 4.99. The van der Waals surface area contributed by atoms with Crippen molar-refractivity contribution in [3.8, 4) is 22.6 Å². The number of fused-ring (bicyclic) bond motifs is 3. The monoisotopic (exact) mass is 558 g/mol. The first-order chi connectivity index (χ1) is 19.3. The van der Waals surface area contributed by atoms with E-state index in [-0.39, 0.29) is 5.54 Å². The van der Waals surface area contributed by atoms with Gasteiger partial charge >= 0.3 is 0 Å². The molecule has 6 rings (SSSR count). The van der Waals surface area contributed by atoms with E-state index in [9.17, 15) is 0 Å². The lowest BCUT2D eigenvalue weighted by Gasteiger charge is -2.46. The molecule has 1 saturated heterocycles. The molecule has 1 aliphatic rings. The number of anilines is 3. The van der Waals surface area contributed by atoms with Gasteiger partial charge in [-0.2, -0.15) is 4.98 Å². The van der Waals surface area contributed by atoms with Crippen molar-refractivity contribution >= 4 is 45.6 Å². The average Bonchev–Trinajstić information content (AvgIpc) is 3.45. The van der Waals surface area contributed by atoms with Crippen LogP contribution in [0, 0.1) is 0 Å². The van der Waals surface area contributed by atoms with E-state index >= 15 is 0 Å². The Morgan fingerprint density at radius 3 is 2.50 bits per heavy atom. The summed E-state index contributed by atoms with van der Waals surface area (Å²) < 4.78 is 12.8. The predicted octanol–water partition coefficient (Wildman–Crippen LogP) is 5.28. The fraction of sp³-hybridized carbons (Fsp3) is 0.310. The number of piperazine rings is 1. The molecule has 1 aliphatic heterocycles. The molecule has 10 nitrogen and oxygen atoms in total. The topological polar surface area (TPSA) is 92.9 Å². The Balaban J connectivity index is 1.31. The number of hydrogen-bond acceptors (Lipinski definition) is 9. The van der Waals surface area contributed by atoms with E-state index in [0.717, 1.165) is 36.3 Å². The van der Waals surface area contributed by atoms with Gasteiger partial charge in [0.15, 0.2) is 11.3 Å². The van der Waals surface area contributed by atoms with Crippen molar-refractivity contribution in [2.75, 3.05) is 51.1 Å². The van der Waals surface area contributed by atoms with Crippen molar-refractivity contribution in [2.45, 2.75) is 19.4 Å². The standard InChI is InChI=1S/C29H31ClN8O2/c1-29(2)16-37(11-10-36(29)3)20-8-6-19(7-9-20)33-28-31-15-18-12-23(27-35-32-17-38(27)26(18)34-28)22-13-21(39-4)14-24(40-5)25(22)30/h6-9,12-15,17H,10-11,16H2,1-5H3,(H,31,33,34). The molecule has 0 radical (unpaired) electrons. The Morgan fingerprint density at radius 2 is 1.77 bits per heavy atom. The fourth-order valence-electron chi connectivity index (χ4n) is 5.11. The van der Waals surface area contributed by atoms with E-state index in [1.165, 1.54) is 5.69 Å². The molecule has 0 amide bonds. The number of nitrogens with zero attached hydrogens (tertiary/aromatic N) is 7. The maximum absolute atomic E-state index is 6.70. The molecule has 4 heterocycles. The summed E-state index contributed by atoms with van der Waals surface area (Å²) in [5.74, 6) is 1.60. The van der Waals surface area contributed by atoms with E-state index < -0.39 is 0 Å². The zero-order chi connectivity index (χ0) is 28.0. The third kappa shape index (κ3) is 4.63. The molecule has 3 aromatic heterocycles. The molecule has 0 unspecified atom stereocenters. The second-order valence-electron chi connectivity index (χ2n) is 10.6. The lowest BCUT2D eigenvalue weighted by molar-refractivity contribution is 0.139. The van der Waals surface area contributed by atoms with Crippen LogP contribution in [0.2, 0.25) is 5.02 Å². The predicted molar refractivity (Wildman–Crippen MR) is 158 cm³/mol. The van der Waals surface area contributed by atoms with Gasteiger partial charge in [-0.1, -0.05) is 11.6 Å². The molecule has 0 aliphatic carbocycles. The molecule has 0 saturated carbocycles. The Hall–Kier alpha value is -4.15. The molecule has 0 bridgehead atoms. The van der Waals surface area contributed by atoms with Crippen molar-refractivity contribution in [1.82, 2.24) is 29.5 Å². The van der Waals surface area contributed by atoms with Crippen molar-refractivity contribution in [3.05, 3.63) is 60.0 Å². The Labute approximate surface area is 237 Å². The number of likely N-dealkylation sites (N-methyl/N-ethyl adjacent to an activating group) is 1. The zero-order valence-corrected chi connectivity index (χ0v) is 23.9. The second kappa shape index (κ2) is 10.1. The minimum atomic E-state index is 0.130. The number of aromatic nitrogens is 5. The van der Waals surface area contributed by atoms with Crippen molar-refractivity contribution in [2.24, 2.45) is 0 Å². The van der Waals surface area contributed by atoms with Crippen LogP contribution >= 0.6 is 11.6 Å². The molecular formula is C29H31ClN8O2. The lowest BCUT2D eigenvalue weighted by atomic mass is 9.99. The second-order valence-corrected chi connectivity index (χ2v) is 11.0.